The third-order valence-electron chi connectivity index (χ3n) is 6.83. The average molecular weight is 551 g/mol. The fourth-order valence-electron chi connectivity index (χ4n) is 4.87. The van der Waals surface area contributed by atoms with Gasteiger partial charge in [0.1, 0.15) is 11.0 Å². The van der Waals surface area contributed by atoms with Crippen LogP contribution in [0.4, 0.5) is 10.5 Å². The molecule has 194 valence electrons. The number of amides is 4. The molecule has 2 fully saturated rings. The van der Waals surface area contributed by atoms with Crippen LogP contribution in [0.15, 0.2) is 54.9 Å². The number of halogens is 1. The van der Waals surface area contributed by atoms with Crippen molar-refractivity contribution in [1.29, 1.82) is 0 Å². The molecule has 4 amide bonds. The van der Waals surface area contributed by atoms with Gasteiger partial charge in [-0.2, -0.15) is 0 Å². The highest BCUT2D eigenvalue weighted by Gasteiger charge is 2.46. The van der Waals surface area contributed by atoms with E-state index in [9.17, 15) is 14.4 Å². The smallest absolute Gasteiger partial charge is 0.329 e. The number of morpholine rings is 1. The van der Waals surface area contributed by atoms with Crippen molar-refractivity contribution in [2.24, 2.45) is 0 Å². The Morgan fingerprint density at radius 2 is 1.97 bits per heavy atom. The predicted octanol–water partition coefficient (Wildman–Crippen LogP) is 3.95. The van der Waals surface area contributed by atoms with E-state index in [1.807, 2.05) is 12.1 Å². The number of hydrogen-bond acceptors (Lipinski definition) is 7. The van der Waals surface area contributed by atoms with Crippen LogP contribution >= 0.6 is 23.4 Å². The molecule has 9 nitrogen and oxygen atoms in total. The SMILES string of the molecule is COc1ccc(Cl)c(C2=CC3NC(=O)N(c4cncc5ccc(C(=O)N6CCOCC6)cc45)C(=O)C3S2)c1. The Hall–Kier alpha value is -3.60. The zero-order valence-corrected chi connectivity index (χ0v) is 21.9. The van der Waals surface area contributed by atoms with Crippen LogP contribution in [0.25, 0.3) is 15.7 Å². The fraction of sp³-hybridized carbons (Fsp3) is 0.259. The quantitative estimate of drug-likeness (QED) is 0.525. The van der Waals surface area contributed by atoms with Crippen LogP contribution in [0.3, 0.4) is 0 Å². The van der Waals surface area contributed by atoms with Crippen LogP contribution in [0, 0.1) is 0 Å². The minimum Gasteiger partial charge on any atom is -0.497 e. The number of imide groups is 1. The molecule has 3 aliphatic rings. The van der Waals surface area contributed by atoms with Gasteiger partial charge < -0.3 is 19.7 Å². The zero-order valence-electron chi connectivity index (χ0n) is 20.3. The van der Waals surface area contributed by atoms with E-state index in [-0.39, 0.29) is 11.8 Å². The third kappa shape index (κ3) is 4.28. The molecule has 2 unspecified atom stereocenters. The molecule has 0 spiro atoms. The van der Waals surface area contributed by atoms with Gasteiger partial charge in [0.2, 0.25) is 0 Å². The average Bonchev–Trinajstić information content (AvgIpc) is 3.37. The Kier molecular flexibility index (Phi) is 6.46. The number of nitrogens with zero attached hydrogens (tertiary/aromatic N) is 3. The van der Waals surface area contributed by atoms with E-state index in [0.29, 0.717) is 59.1 Å². The maximum Gasteiger partial charge on any atom is 0.329 e. The number of thioether (sulfide) groups is 1. The topological polar surface area (TPSA) is 101 Å². The van der Waals surface area contributed by atoms with Gasteiger partial charge in [0.25, 0.3) is 11.8 Å². The second-order valence-electron chi connectivity index (χ2n) is 9.06. The summed E-state index contributed by atoms with van der Waals surface area (Å²) in [6.07, 6.45) is 4.98. The summed E-state index contributed by atoms with van der Waals surface area (Å²) in [5.74, 6) is 0.151. The number of rotatable bonds is 4. The Balaban J connectivity index is 1.32. The fourth-order valence-corrected chi connectivity index (χ4v) is 6.44. The Labute approximate surface area is 227 Å². The molecule has 0 bridgehead atoms. The lowest BCUT2D eigenvalue weighted by atomic mass is 10.0. The van der Waals surface area contributed by atoms with Gasteiger partial charge in [0, 0.05) is 51.1 Å². The second kappa shape index (κ2) is 9.94. The Morgan fingerprint density at radius 1 is 1.16 bits per heavy atom. The van der Waals surface area contributed by atoms with E-state index in [4.69, 9.17) is 21.1 Å². The number of methoxy groups -OCH3 is 1. The number of benzene rings is 2. The summed E-state index contributed by atoms with van der Waals surface area (Å²) in [6.45, 7) is 2.02. The number of carbonyl (C=O) groups is 3. The number of aromatic nitrogens is 1. The molecule has 2 saturated heterocycles. The summed E-state index contributed by atoms with van der Waals surface area (Å²) in [6, 6.07) is 9.51. The van der Waals surface area contributed by atoms with Gasteiger partial charge in [-0.1, -0.05) is 17.7 Å². The van der Waals surface area contributed by atoms with Gasteiger partial charge in [-0.25, -0.2) is 9.69 Å². The monoisotopic (exact) mass is 550 g/mol. The van der Waals surface area contributed by atoms with E-state index in [1.165, 1.54) is 18.0 Å². The molecule has 38 heavy (non-hydrogen) atoms. The number of anilines is 1. The molecule has 4 heterocycles. The van der Waals surface area contributed by atoms with Crippen molar-refractivity contribution in [2.45, 2.75) is 11.3 Å². The number of ether oxygens (including phenoxy) is 2. The van der Waals surface area contributed by atoms with E-state index >= 15 is 0 Å². The number of carbonyl (C=O) groups excluding carboxylic acids is 3. The van der Waals surface area contributed by atoms with Crippen LogP contribution in [-0.2, 0) is 9.53 Å². The van der Waals surface area contributed by atoms with Crippen LogP contribution in [0.5, 0.6) is 5.75 Å². The van der Waals surface area contributed by atoms with E-state index in [1.54, 1.807) is 48.5 Å². The van der Waals surface area contributed by atoms with Crippen molar-refractivity contribution in [2.75, 3.05) is 38.3 Å². The van der Waals surface area contributed by atoms with Gasteiger partial charge in [0.05, 0.1) is 38.2 Å². The van der Waals surface area contributed by atoms with Crippen molar-refractivity contribution in [3.05, 3.63) is 71.0 Å². The molecule has 0 radical (unpaired) electrons. The highest BCUT2D eigenvalue weighted by molar-refractivity contribution is 8.09. The van der Waals surface area contributed by atoms with Gasteiger partial charge in [-0.15, -0.1) is 11.8 Å². The summed E-state index contributed by atoms with van der Waals surface area (Å²) < 4.78 is 10.7. The summed E-state index contributed by atoms with van der Waals surface area (Å²) >= 11 is 7.79. The van der Waals surface area contributed by atoms with Crippen molar-refractivity contribution >= 4 is 62.6 Å². The first-order valence-corrected chi connectivity index (χ1v) is 13.3. The summed E-state index contributed by atoms with van der Waals surface area (Å²) in [5, 5.41) is 4.18. The Morgan fingerprint density at radius 3 is 2.76 bits per heavy atom. The first-order chi connectivity index (χ1) is 18.4. The van der Waals surface area contributed by atoms with E-state index in [2.05, 4.69) is 10.3 Å². The number of pyridine rings is 1. The number of hydrogen-bond donors (Lipinski definition) is 1. The van der Waals surface area contributed by atoms with Crippen LogP contribution in [0.2, 0.25) is 5.02 Å². The van der Waals surface area contributed by atoms with Gasteiger partial charge in [-0.05, 0) is 36.4 Å². The molecule has 6 rings (SSSR count). The maximum absolute atomic E-state index is 13.7. The first kappa shape index (κ1) is 24.7. The molecule has 1 aromatic heterocycles. The lowest BCUT2D eigenvalue weighted by Gasteiger charge is -2.33. The zero-order chi connectivity index (χ0) is 26.4. The standard InChI is InChI=1S/C27H23ClN4O5S/c1-36-17-4-5-20(28)19(11-17)23-12-21-24(38-23)26(34)32(27(35)30-21)22-14-29-13-16-3-2-15(10-18(16)22)25(33)31-6-8-37-9-7-31/h2-5,10-14,21,24H,6-9H2,1H3,(H,30,35). The molecule has 2 aromatic carbocycles. The normalized spacial score (nSPS) is 21.3. The van der Waals surface area contributed by atoms with Gasteiger partial charge in [-0.3, -0.25) is 14.6 Å². The number of fused-ring (bicyclic) bond motifs is 2. The van der Waals surface area contributed by atoms with Crippen LogP contribution < -0.4 is 15.0 Å². The highest BCUT2D eigenvalue weighted by atomic mass is 35.5. The van der Waals surface area contributed by atoms with Gasteiger partial charge >= 0.3 is 6.03 Å². The Bertz CT molecular complexity index is 1510. The molecule has 0 saturated carbocycles. The largest absolute Gasteiger partial charge is 0.497 e. The minimum atomic E-state index is -0.585. The number of urea groups is 1. The predicted molar refractivity (Wildman–Crippen MR) is 146 cm³/mol. The van der Waals surface area contributed by atoms with E-state index < -0.39 is 17.3 Å². The van der Waals surface area contributed by atoms with Gasteiger partial charge in [0.15, 0.2) is 0 Å². The summed E-state index contributed by atoms with van der Waals surface area (Å²) in [7, 11) is 1.57. The molecule has 11 heteroatoms. The molecular formula is C27H23ClN4O5S. The third-order valence-corrected chi connectivity index (χ3v) is 8.52. The molecule has 0 aliphatic carbocycles. The van der Waals surface area contributed by atoms with Crippen molar-refractivity contribution in [1.82, 2.24) is 15.2 Å². The van der Waals surface area contributed by atoms with Crippen LogP contribution in [-0.4, -0.2) is 72.4 Å². The highest BCUT2D eigenvalue weighted by Crippen LogP contribution is 2.45. The van der Waals surface area contributed by atoms with Crippen LogP contribution in [0.1, 0.15) is 15.9 Å². The molecule has 1 N–H and O–H groups in total. The van der Waals surface area contributed by atoms with Crippen molar-refractivity contribution < 1.29 is 23.9 Å². The number of nitrogens with one attached hydrogen (secondary N) is 1. The molecule has 2 atom stereocenters. The van der Waals surface area contributed by atoms with Crippen molar-refractivity contribution in [3.8, 4) is 5.75 Å². The minimum absolute atomic E-state index is 0.122. The lowest BCUT2D eigenvalue weighted by molar-refractivity contribution is -0.118. The van der Waals surface area contributed by atoms with Crippen molar-refractivity contribution in [3.63, 3.8) is 0 Å². The first-order valence-electron chi connectivity index (χ1n) is 12.1. The molecular weight excluding hydrogens is 528 g/mol. The summed E-state index contributed by atoms with van der Waals surface area (Å²) in [4.78, 5) is 48.0. The summed E-state index contributed by atoms with van der Waals surface area (Å²) in [5.41, 5.74) is 1.53. The van der Waals surface area contributed by atoms with E-state index in [0.717, 1.165) is 15.4 Å². The second-order valence-corrected chi connectivity index (χ2v) is 10.7. The molecule has 3 aliphatic heterocycles. The molecule has 3 aromatic rings. The maximum atomic E-state index is 13.7. The lowest BCUT2D eigenvalue weighted by Crippen LogP contribution is -2.60.